The predicted octanol–water partition coefficient (Wildman–Crippen LogP) is 4.84. The Morgan fingerprint density at radius 2 is 1.77 bits per heavy atom. The number of rotatable bonds is 10. The summed E-state index contributed by atoms with van der Waals surface area (Å²) in [6.45, 7) is 3.92. The van der Waals surface area contributed by atoms with Gasteiger partial charge in [-0.15, -0.1) is 0 Å². The van der Waals surface area contributed by atoms with Crippen LogP contribution in [0.15, 0.2) is 42.5 Å². The summed E-state index contributed by atoms with van der Waals surface area (Å²) in [5.41, 5.74) is 0.546. The first-order valence-electron chi connectivity index (χ1n) is 9.72. The number of ether oxygens (including phenoxy) is 1. The van der Waals surface area contributed by atoms with E-state index in [1.807, 2.05) is 6.92 Å². The van der Waals surface area contributed by atoms with Crippen LogP contribution in [-0.4, -0.2) is 35.9 Å². The molecule has 2 rings (SSSR count). The summed E-state index contributed by atoms with van der Waals surface area (Å²) in [5.74, 6) is -0.753. The Balaban J connectivity index is 2.17. The van der Waals surface area contributed by atoms with E-state index < -0.39 is 17.8 Å². The van der Waals surface area contributed by atoms with Gasteiger partial charge in [-0.3, -0.25) is 9.59 Å². The van der Waals surface area contributed by atoms with Crippen molar-refractivity contribution in [3.8, 4) is 5.75 Å². The summed E-state index contributed by atoms with van der Waals surface area (Å²) in [6.07, 6.45) is 1.79. The van der Waals surface area contributed by atoms with Gasteiger partial charge >= 0.3 is 0 Å². The Morgan fingerprint density at radius 3 is 2.37 bits per heavy atom. The van der Waals surface area contributed by atoms with Gasteiger partial charge in [0.05, 0.1) is 0 Å². The number of amides is 2. The molecule has 0 bridgehead atoms. The van der Waals surface area contributed by atoms with E-state index in [9.17, 15) is 14.0 Å². The molecule has 0 saturated heterocycles. The molecule has 0 radical (unpaired) electrons. The molecule has 0 heterocycles. The number of nitrogens with zero attached hydrogens (tertiary/aromatic N) is 1. The fraction of sp³-hybridized carbons (Fsp3) is 0.364. The zero-order chi connectivity index (χ0) is 22.1. The molecule has 8 heteroatoms. The van der Waals surface area contributed by atoms with Gasteiger partial charge < -0.3 is 15.0 Å². The molecule has 0 spiro atoms. The fourth-order valence-corrected chi connectivity index (χ4v) is 3.25. The summed E-state index contributed by atoms with van der Waals surface area (Å²) in [4.78, 5) is 26.9. The number of unbranched alkanes of at least 4 members (excludes halogenated alkanes) is 1. The molecule has 0 saturated carbocycles. The largest absolute Gasteiger partial charge is 0.484 e. The second kappa shape index (κ2) is 11.8. The van der Waals surface area contributed by atoms with Crippen molar-refractivity contribution in [2.75, 3.05) is 13.2 Å². The second-order valence-electron chi connectivity index (χ2n) is 6.79. The van der Waals surface area contributed by atoms with Gasteiger partial charge in [-0.2, -0.15) is 0 Å². The highest BCUT2D eigenvalue weighted by atomic mass is 35.5. The average Bonchev–Trinajstić information content (AvgIpc) is 2.72. The minimum atomic E-state index is -0.765. The summed E-state index contributed by atoms with van der Waals surface area (Å²) >= 11 is 12.5. The molecular formula is C22H25Cl2FN2O3. The molecule has 30 heavy (non-hydrogen) atoms. The zero-order valence-corrected chi connectivity index (χ0v) is 18.5. The van der Waals surface area contributed by atoms with Crippen LogP contribution in [-0.2, 0) is 16.1 Å². The number of benzene rings is 2. The minimum Gasteiger partial charge on any atom is -0.484 e. The molecule has 0 aromatic heterocycles. The van der Waals surface area contributed by atoms with Crippen LogP contribution in [0.5, 0.6) is 5.75 Å². The maximum absolute atomic E-state index is 13.1. The molecule has 1 N–H and O–H groups in total. The van der Waals surface area contributed by atoms with Crippen LogP contribution in [0.25, 0.3) is 0 Å². The standard InChI is InChI=1S/C22H25Cl2FN2O3/c1-3-4-12-26-22(29)15(2)27(13-18-19(23)6-5-7-20(18)24)21(28)14-30-17-10-8-16(25)9-11-17/h5-11,15H,3-4,12-14H2,1-2H3,(H,26,29). The lowest BCUT2D eigenvalue weighted by atomic mass is 10.1. The molecule has 0 aliphatic rings. The van der Waals surface area contributed by atoms with E-state index in [0.717, 1.165) is 12.8 Å². The molecule has 0 aliphatic carbocycles. The van der Waals surface area contributed by atoms with Crippen LogP contribution in [0.4, 0.5) is 4.39 Å². The molecule has 2 aromatic rings. The van der Waals surface area contributed by atoms with E-state index in [-0.39, 0.29) is 19.1 Å². The summed E-state index contributed by atoms with van der Waals surface area (Å²) in [7, 11) is 0. The van der Waals surface area contributed by atoms with Gasteiger partial charge in [0, 0.05) is 28.7 Å². The van der Waals surface area contributed by atoms with E-state index in [2.05, 4.69) is 5.32 Å². The molecule has 1 atom stereocenters. The Bertz CT molecular complexity index is 842. The Kier molecular flexibility index (Phi) is 9.40. The van der Waals surface area contributed by atoms with Crippen molar-refractivity contribution >= 4 is 35.0 Å². The van der Waals surface area contributed by atoms with Crippen LogP contribution < -0.4 is 10.1 Å². The number of nitrogens with one attached hydrogen (secondary N) is 1. The van der Waals surface area contributed by atoms with Gasteiger partial charge in [-0.1, -0.05) is 42.6 Å². The average molecular weight is 455 g/mol. The third-order valence-corrected chi connectivity index (χ3v) is 5.27. The van der Waals surface area contributed by atoms with Crippen LogP contribution in [0.3, 0.4) is 0 Å². The SMILES string of the molecule is CCCCNC(=O)C(C)N(Cc1c(Cl)cccc1Cl)C(=O)COc1ccc(F)cc1. The monoisotopic (exact) mass is 454 g/mol. The quantitative estimate of drug-likeness (QED) is 0.522. The Labute approximate surface area is 186 Å². The Hall–Kier alpha value is -2.31. The van der Waals surface area contributed by atoms with Crippen LogP contribution in [0.2, 0.25) is 10.0 Å². The van der Waals surface area contributed by atoms with Gasteiger partial charge in [0.15, 0.2) is 6.61 Å². The predicted molar refractivity (Wildman–Crippen MR) is 116 cm³/mol. The van der Waals surface area contributed by atoms with Crippen LogP contribution >= 0.6 is 23.2 Å². The van der Waals surface area contributed by atoms with E-state index in [1.54, 1.807) is 25.1 Å². The maximum atomic E-state index is 13.1. The fourth-order valence-electron chi connectivity index (χ4n) is 2.73. The summed E-state index contributed by atoms with van der Waals surface area (Å²) in [5, 5.41) is 3.63. The third-order valence-electron chi connectivity index (χ3n) is 4.56. The van der Waals surface area contributed by atoms with Crippen molar-refractivity contribution in [1.82, 2.24) is 10.2 Å². The molecular weight excluding hydrogens is 430 g/mol. The lowest BCUT2D eigenvalue weighted by molar-refractivity contribution is -0.142. The van der Waals surface area contributed by atoms with E-state index in [1.165, 1.54) is 29.2 Å². The summed E-state index contributed by atoms with van der Waals surface area (Å²) < 4.78 is 18.5. The number of carbonyl (C=O) groups excluding carboxylic acids is 2. The topological polar surface area (TPSA) is 58.6 Å². The number of hydrogen-bond donors (Lipinski definition) is 1. The van der Waals surface area contributed by atoms with Crippen molar-refractivity contribution in [2.45, 2.75) is 39.3 Å². The maximum Gasteiger partial charge on any atom is 0.261 e. The highest BCUT2D eigenvalue weighted by Gasteiger charge is 2.27. The second-order valence-corrected chi connectivity index (χ2v) is 7.60. The van der Waals surface area contributed by atoms with Crippen LogP contribution in [0, 0.1) is 5.82 Å². The smallest absolute Gasteiger partial charge is 0.261 e. The van der Waals surface area contributed by atoms with Crippen LogP contribution in [0.1, 0.15) is 32.3 Å². The van der Waals surface area contributed by atoms with E-state index in [4.69, 9.17) is 27.9 Å². The number of halogens is 3. The van der Waals surface area contributed by atoms with E-state index >= 15 is 0 Å². The zero-order valence-electron chi connectivity index (χ0n) is 17.0. The number of hydrogen-bond acceptors (Lipinski definition) is 3. The molecule has 2 aromatic carbocycles. The first kappa shape index (κ1) is 24.0. The molecule has 2 amide bonds. The highest BCUT2D eigenvalue weighted by molar-refractivity contribution is 6.36. The van der Waals surface area contributed by atoms with Crippen molar-refractivity contribution in [3.05, 3.63) is 63.9 Å². The molecule has 0 fully saturated rings. The van der Waals surface area contributed by atoms with Crippen molar-refractivity contribution < 1.29 is 18.7 Å². The van der Waals surface area contributed by atoms with Gasteiger partial charge in [0.25, 0.3) is 5.91 Å². The molecule has 162 valence electrons. The minimum absolute atomic E-state index is 0.0481. The molecule has 0 aliphatic heterocycles. The van der Waals surface area contributed by atoms with Crippen molar-refractivity contribution in [3.63, 3.8) is 0 Å². The van der Waals surface area contributed by atoms with E-state index in [0.29, 0.717) is 27.9 Å². The Morgan fingerprint density at radius 1 is 1.13 bits per heavy atom. The third kappa shape index (κ3) is 6.89. The molecule has 1 unspecified atom stereocenters. The van der Waals surface area contributed by atoms with Gasteiger partial charge in [-0.25, -0.2) is 4.39 Å². The lowest BCUT2D eigenvalue weighted by Gasteiger charge is -2.29. The molecule has 5 nitrogen and oxygen atoms in total. The van der Waals surface area contributed by atoms with Crippen molar-refractivity contribution in [2.24, 2.45) is 0 Å². The van der Waals surface area contributed by atoms with Gasteiger partial charge in [0.1, 0.15) is 17.6 Å². The summed E-state index contributed by atoms with van der Waals surface area (Å²) in [6, 6.07) is 9.63. The highest BCUT2D eigenvalue weighted by Crippen LogP contribution is 2.26. The first-order valence-corrected chi connectivity index (χ1v) is 10.5. The number of carbonyl (C=O) groups is 2. The first-order chi connectivity index (χ1) is 14.3. The normalized spacial score (nSPS) is 11.6. The van der Waals surface area contributed by atoms with Crippen molar-refractivity contribution in [1.29, 1.82) is 0 Å². The lowest BCUT2D eigenvalue weighted by Crippen LogP contribution is -2.49. The van der Waals surface area contributed by atoms with Gasteiger partial charge in [0.2, 0.25) is 5.91 Å². The van der Waals surface area contributed by atoms with Gasteiger partial charge in [-0.05, 0) is 49.7 Å².